The van der Waals surface area contributed by atoms with E-state index in [-0.39, 0.29) is 78.7 Å². The van der Waals surface area contributed by atoms with E-state index in [9.17, 15) is 23.1 Å². The number of sulfonamides is 1. The lowest BCUT2D eigenvalue weighted by Crippen LogP contribution is -2.51. The fourth-order valence-electron chi connectivity index (χ4n) is 5.49. The minimum absolute atomic E-state index is 0.0175. The van der Waals surface area contributed by atoms with Gasteiger partial charge in [0.1, 0.15) is 5.75 Å². The van der Waals surface area contributed by atoms with E-state index in [1.54, 1.807) is 31.2 Å². The predicted octanol–water partition coefficient (Wildman–Crippen LogP) is 3.77. The molecule has 0 aromatic heterocycles. The molecule has 11 nitrogen and oxygen atoms in total. The van der Waals surface area contributed by atoms with Crippen LogP contribution < -0.4 is 19.2 Å². The number of benzene rings is 2. The third-order valence-corrected chi connectivity index (χ3v) is 9.56. The van der Waals surface area contributed by atoms with Gasteiger partial charge >= 0.3 is 0 Å². The lowest BCUT2D eigenvalue weighted by molar-refractivity contribution is -0.143. The number of hydrogen-bond donors (Lipinski definition) is 2. The molecule has 0 radical (unpaired) electrons. The maximum absolute atomic E-state index is 13.9. The van der Waals surface area contributed by atoms with E-state index in [1.807, 2.05) is 20.8 Å². The number of aromatic hydroxyl groups is 1. The van der Waals surface area contributed by atoms with Crippen LogP contribution in [0.4, 0.5) is 5.69 Å². The van der Waals surface area contributed by atoms with Gasteiger partial charge in [0, 0.05) is 31.5 Å². The van der Waals surface area contributed by atoms with Crippen molar-refractivity contribution in [1.29, 1.82) is 0 Å². The van der Waals surface area contributed by atoms with Gasteiger partial charge in [-0.1, -0.05) is 39.8 Å². The van der Waals surface area contributed by atoms with Gasteiger partial charge in [0.2, 0.25) is 12.7 Å². The van der Waals surface area contributed by atoms with Crippen molar-refractivity contribution < 1.29 is 32.6 Å². The van der Waals surface area contributed by atoms with Crippen molar-refractivity contribution in [2.24, 2.45) is 17.8 Å². The fraction of sp³-hybridized carbons (Fsp3) is 0.515. The molecule has 2 aromatic carbocycles. The van der Waals surface area contributed by atoms with Crippen molar-refractivity contribution in [3.05, 3.63) is 42.0 Å². The van der Waals surface area contributed by atoms with E-state index in [4.69, 9.17) is 15.9 Å². The molecular formula is C33H44N4O7S. The van der Waals surface area contributed by atoms with Gasteiger partial charge in [-0.05, 0) is 68.0 Å². The van der Waals surface area contributed by atoms with E-state index in [2.05, 4.69) is 16.2 Å². The van der Waals surface area contributed by atoms with E-state index < -0.39 is 10.0 Å². The van der Waals surface area contributed by atoms with Crippen molar-refractivity contribution in [1.82, 2.24) is 15.3 Å². The molecule has 12 heteroatoms. The zero-order chi connectivity index (χ0) is 32.7. The lowest BCUT2D eigenvalue weighted by Gasteiger charge is -2.29. The van der Waals surface area contributed by atoms with Crippen LogP contribution in [-0.4, -0.2) is 74.8 Å². The van der Waals surface area contributed by atoms with Gasteiger partial charge in [-0.25, -0.2) is 8.42 Å². The molecule has 2 amide bonds. The highest BCUT2D eigenvalue weighted by Gasteiger charge is 2.31. The number of nitrogens with one attached hydrogen (secondary N) is 1. The number of hydrogen-bond acceptors (Lipinski definition) is 8. The molecule has 1 unspecified atom stereocenters. The van der Waals surface area contributed by atoms with Crippen LogP contribution in [0.5, 0.6) is 17.2 Å². The van der Waals surface area contributed by atoms with E-state index in [1.165, 1.54) is 21.4 Å². The van der Waals surface area contributed by atoms with E-state index >= 15 is 0 Å². The summed E-state index contributed by atoms with van der Waals surface area (Å²) in [5.74, 6) is 2.08. The Bertz CT molecular complexity index is 1520. The molecule has 2 aliphatic heterocycles. The first-order valence-corrected chi connectivity index (χ1v) is 16.8. The minimum atomic E-state index is -4.09. The molecule has 45 heavy (non-hydrogen) atoms. The number of likely N-dealkylation sites (tertiary alicyclic amines) is 1. The first kappa shape index (κ1) is 33.9. The van der Waals surface area contributed by atoms with Crippen molar-refractivity contribution in [3.63, 3.8) is 0 Å². The van der Waals surface area contributed by atoms with Crippen LogP contribution in [-0.2, 0) is 26.0 Å². The second kappa shape index (κ2) is 14.9. The quantitative estimate of drug-likeness (QED) is 0.250. The van der Waals surface area contributed by atoms with Gasteiger partial charge in [-0.3, -0.25) is 29.2 Å². The molecule has 0 saturated carbocycles. The summed E-state index contributed by atoms with van der Waals surface area (Å²) in [4.78, 5) is 28.1. The number of terminal acetylenes is 1. The number of phenols is 1. The summed E-state index contributed by atoms with van der Waals surface area (Å²) in [6, 6.07) is 9.46. The average molecular weight is 641 g/mol. The number of carbonyl (C=O) groups excluding carboxylic acids is 2. The van der Waals surface area contributed by atoms with Crippen molar-refractivity contribution >= 4 is 27.5 Å². The first-order chi connectivity index (χ1) is 21.4. The Balaban J connectivity index is 1.55. The highest BCUT2D eigenvalue weighted by atomic mass is 32.2. The lowest BCUT2D eigenvalue weighted by atomic mass is 9.99. The van der Waals surface area contributed by atoms with Crippen LogP contribution in [0.2, 0.25) is 0 Å². The Morgan fingerprint density at radius 1 is 1.07 bits per heavy atom. The van der Waals surface area contributed by atoms with E-state index in [0.717, 1.165) is 25.9 Å². The molecule has 0 spiro atoms. The molecule has 2 aliphatic rings. The minimum Gasteiger partial charge on any atom is -0.505 e. The Labute approximate surface area is 266 Å². The highest BCUT2D eigenvalue weighted by Crippen LogP contribution is 2.39. The molecule has 2 N–H and O–H groups in total. The summed E-state index contributed by atoms with van der Waals surface area (Å²) < 4.78 is 39.8. The third kappa shape index (κ3) is 8.61. The van der Waals surface area contributed by atoms with Crippen LogP contribution in [0.25, 0.3) is 0 Å². The molecule has 4 rings (SSSR count). The summed E-state index contributed by atoms with van der Waals surface area (Å²) >= 11 is 0. The first-order valence-electron chi connectivity index (χ1n) is 15.4. The summed E-state index contributed by atoms with van der Waals surface area (Å²) in [6.07, 6.45) is 7.99. The normalized spacial score (nSPS) is 15.8. The highest BCUT2D eigenvalue weighted by molar-refractivity contribution is 7.92. The molecule has 2 heterocycles. The molecule has 0 bridgehead atoms. The third-order valence-electron chi connectivity index (χ3n) is 7.78. The number of para-hydroxylation sites is 1. The average Bonchev–Trinajstić information content (AvgIpc) is 3.68. The van der Waals surface area contributed by atoms with Crippen LogP contribution in [0.3, 0.4) is 0 Å². The monoisotopic (exact) mass is 640 g/mol. The molecule has 1 saturated heterocycles. The number of rotatable bonds is 13. The maximum atomic E-state index is 13.9. The number of anilines is 1. The number of amides is 2. The number of hydrazine groups is 1. The molecule has 1 fully saturated rings. The van der Waals surface area contributed by atoms with Crippen LogP contribution in [0, 0.1) is 30.1 Å². The largest absolute Gasteiger partial charge is 0.505 e. The van der Waals surface area contributed by atoms with Gasteiger partial charge < -0.3 is 14.6 Å². The summed E-state index contributed by atoms with van der Waals surface area (Å²) in [7, 11) is -4.09. The number of phenolic OH excluding ortho intramolecular Hbond substituents is 1. The standard InChI is InChI=1S/C33H44N4O7S/c1-6-24(4)17-32(39)36(34-31(38)21-35-14-7-8-15-35)20-25(5)16-26-10-9-11-28(33(26)40)37(19-23(2)3)45(41,42)27-12-13-29-30(18-27)44-22-43-29/h1,9-13,18,23-25,40H,7-8,14-17,19-22H2,2-5H3,(H,34,38)/t24?,25-/m1/s1. The van der Waals surface area contributed by atoms with Crippen LogP contribution in [0.15, 0.2) is 41.3 Å². The zero-order valence-electron chi connectivity index (χ0n) is 26.5. The number of ether oxygens (including phenoxy) is 2. The Hall–Kier alpha value is -3.95. The summed E-state index contributed by atoms with van der Waals surface area (Å²) in [5, 5.41) is 12.8. The summed E-state index contributed by atoms with van der Waals surface area (Å²) in [6.45, 7) is 9.69. The topological polar surface area (TPSA) is 129 Å². The van der Waals surface area contributed by atoms with E-state index in [0.29, 0.717) is 23.5 Å². The number of nitrogens with zero attached hydrogens (tertiary/aromatic N) is 3. The van der Waals surface area contributed by atoms with Gasteiger partial charge in [0.05, 0.1) is 17.1 Å². The number of fused-ring (bicyclic) bond motifs is 1. The molecular weight excluding hydrogens is 596 g/mol. The summed E-state index contributed by atoms with van der Waals surface area (Å²) in [5.41, 5.74) is 3.45. The Morgan fingerprint density at radius 3 is 2.47 bits per heavy atom. The smallest absolute Gasteiger partial charge is 0.264 e. The van der Waals surface area contributed by atoms with Crippen molar-refractivity contribution in [2.75, 3.05) is 43.8 Å². The zero-order valence-corrected chi connectivity index (χ0v) is 27.3. The van der Waals surface area contributed by atoms with Crippen LogP contribution in [0.1, 0.15) is 52.5 Å². The fourth-order valence-corrected chi connectivity index (χ4v) is 7.14. The Morgan fingerprint density at radius 2 is 1.78 bits per heavy atom. The SMILES string of the molecule is C#CC(C)CC(=O)N(C[C@H](C)Cc1cccc(N(CC(C)C)S(=O)(=O)c2ccc3c(c2)OCO3)c1O)NC(=O)CN1CCCC1. The van der Waals surface area contributed by atoms with Crippen molar-refractivity contribution in [3.8, 4) is 29.6 Å². The van der Waals surface area contributed by atoms with Gasteiger partial charge in [0.15, 0.2) is 11.5 Å². The van der Waals surface area contributed by atoms with Gasteiger partial charge in [0.25, 0.3) is 15.9 Å². The second-order valence-electron chi connectivity index (χ2n) is 12.3. The molecule has 2 aromatic rings. The predicted molar refractivity (Wildman–Crippen MR) is 171 cm³/mol. The molecule has 2 atom stereocenters. The second-order valence-corrected chi connectivity index (χ2v) is 14.2. The van der Waals surface area contributed by atoms with Gasteiger partial charge in [-0.2, -0.15) is 0 Å². The van der Waals surface area contributed by atoms with Gasteiger partial charge in [-0.15, -0.1) is 12.3 Å². The maximum Gasteiger partial charge on any atom is 0.264 e. The molecule has 0 aliphatic carbocycles. The Kier molecular flexibility index (Phi) is 11.2. The van der Waals surface area contributed by atoms with Crippen LogP contribution >= 0.6 is 0 Å². The number of carbonyl (C=O) groups is 2. The molecule has 244 valence electrons. The van der Waals surface area contributed by atoms with Crippen molar-refractivity contribution in [2.45, 2.75) is 58.3 Å².